The summed E-state index contributed by atoms with van der Waals surface area (Å²) in [4.78, 5) is 20.3. The molecule has 2 N–H and O–H groups in total. The molecule has 30 heavy (non-hydrogen) atoms. The second kappa shape index (κ2) is 8.81. The molecule has 1 amide bonds. The van der Waals surface area contributed by atoms with Crippen molar-refractivity contribution < 1.29 is 13.2 Å². The van der Waals surface area contributed by atoms with Gasteiger partial charge in [-0.2, -0.15) is 4.31 Å². The van der Waals surface area contributed by atoms with Crippen LogP contribution in [0.2, 0.25) is 0 Å². The predicted octanol–water partition coefficient (Wildman–Crippen LogP) is 2.79. The lowest BCUT2D eigenvalue weighted by atomic mass is 9.98. The van der Waals surface area contributed by atoms with Gasteiger partial charge in [-0.05, 0) is 36.6 Å². The number of aromatic amines is 1. The fourth-order valence-corrected chi connectivity index (χ4v) is 5.25. The summed E-state index contributed by atoms with van der Waals surface area (Å²) >= 11 is 0. The average Bonchev–Trinajstić information content (AvgIpc) is 3.33. The number of hydrogen-bond donors (Lipinski definition) is 2. The maximum atomic E-state index is 12.9. The van der Waals surface area contributed by atoms with Gasteiger partial charge in [0, 0.05) is 37.6 Å². The largest absolute Gasteiger partial charge is 0.352 e. The Morgan fingerprint density at radius 1 is 1.17 bits per heavy atom. The van der Waals surface area contributed by atoms with Gasteiger partial charge < -0.3 is 10.3 Å². The Morgan fingerprint density at radius 3 is 2.77 bits per heavy atom. The molecule has 8 heteroatoms. The van der Waals surface area contributed by atoms with E-state index in [1.54, 1.807) is 42.7 Å². The zero-order valence-corrected chi connectivity index (χ0v) is 17.3. The van der Waals surface area contributed by atoms with E-state index in [-0.39, 0.29) is 23.3 Å². The Balaban J connectivity index is 1.39. The van der Waals surface area contributed by atoms with Gasteiger partial charge in [0.1, 0.15) is 5.82 Å². The summed E-state index contributed by atoms with van der Waals surface area (Å²) in [6, 6.07) is 16.2. The number of nitrogens with zero attached hydrogens (tertiary/aromatic N) is 2. The molecule has 0 radical (unpaired) electrons. The number of sulfonamides is 1. The Bertz CT molecular complexity index is 1100. The summed E-state index contributed by atoms with van der Waals surface area (Å²) in [6.45, 7) is 1.02. The molecule has 1 fully saturated rings. The van der Waals surface area contributed by atoms with Gasteiger partial charge in [0.05, 0.1) is 10.8 Å². The number of imidazole rings is 1. The highest BCUT2D eigenvalue weighted by Crippen LogP contribution is 2.24. The van der Waals surface area contributed by atoms with Gasteiger partial charge in [-0.3, -0.25) is 4.79 Å². The van der Waals surface area contributed by atoms with Crippen molar-refractivity contribution in [3.63, 3.8) is 0 Å². The monoisotopic (exact) mass is 424 g/mol. The van der Waals surface area contributed by atoms with Gasteiger partial charge in [0.25, 0.3) is 0 Å². The van der Waals surface area contributed by atoms with E-state index in [1.807, 2.05) is 24.3 Å². The number of hydrogen-bond acceptors (Lipinski definition) is 4. The van der Waals surface area contributed by atoms with E-state index in [9.17, 15) is 13.2 Å². The van der Waals surface area contributed by atoms with Crippen LogP contribution in [0.25, 0.3) is 11.4 Å². The van der Waals surface area contributed by atoms with Gasteiger partial charge in [-0.1, -0.05) is 36.4 Å². The topological polar surface area (TPSA) is 95.2 Å². The lowest BCUT2D eigenvalue weighted by molar-refractivity contribution is -0.126. The van der Waals surface area contributed by atoms with E-state index < -0.39 is 10.0 Å². The molecule has 1 aliphatic heterocycles. The quantitative estimate of drug-likeness (QED) is 0.636. The molecular weight excluding hydrogens is 400 g/mol. The van der Waals surface area contributed by atoms with Crippen molar-refractivity contribution in [3.8, 4) is 11.4 Å². The van der Waals surface area contributed by atoms with Crippen molar-refractivity contribution in [3.05, 3.63) is 72.6 Å². The molecule has 3 aromatic rings. The molecule has 4 rings (SSSR count). The number of aromatic nitrogens is 2. The highest BCUT2D eigenvalue weighted by Gasteiger charge is 2.33. The second-order valence-corrected chi connectivity index (χ2v) is 9.31. The maximum Gasteiger partial charge on any atom is 0.243 e. The van der Waals surface area contributed by atoms with Crippen LogP contribution in [0.4, 0.5) is 0 Å². The van der Waals surface area contributed by atoms with Crippen LogP contribution in [0, 0.1) is 5.92 Å². The maximum absolute atomic E-state index is 12.9. The summed E-state index contributed by atoms with van der Waals surface area (Å²) < 4.78 is 27.2. The molecule has 1 aromatic heterocycles. The van der Waals surface area contributed by atoms with Crippen LogP contribution in [-0.2, 0) is 21.4 Å². The average molecular weight is 425 g/mol. The first kappa shape index (κ1) is 20.3. The minimum Gasteiger partial charge on any atom is -0.352 e. The lowest BCUT2D eigenvalue weighted by Crippen LogP contribution is -2.45. The number of amides is 1. The van der Waals surface area contributed by atoms with Gasteiger partial charge in [-0.25, -0.2) is 13.4 Å². The standard InChI is InChI=1S/C22H24N4O3S/c27-22(25-15-17-6-4-7-18(14-17)21-23-11-12-24-21)19-8-5-13-26(16-19)30(28,29)20-9-2-1-3-10-20/h1-4,6-7,9-12,14,19H,5,8,13,15-16H2,(H,23,24)(H,25,27)/t19-/m1/s1. The van der Waals surface area contributed by atoms with E-state index in [1.165, 1.54) is 4.31 Å². The van der Waals surface area contributed by atoms with Crippen LogP contribution in [-0.4, -0.2) is 41.7 Å². The summed E-state index contributed by atoms with van der Waals surface area (Å²) in [5, 5.41) is 2.96. The number of H-pyrrole nitrogens is 1. The number of carbonyl (C=O) groups is 1. The molecule has 0 unspecified atom stereocenters. The molecule has 1 atom stereocenters. The van der Waals surface area contributed by atoms with Crippen LogP contribution in [0.3, 0.4) is 0 Å². The Hall–Kier alpha value is -2.97. The Labute approximate surface area is 176 Å². The molecule has 2 aromatic carbocycles. The fraction of sp³-hybridized carbons (Fsp3) is 0.273. The van der Waals surface area contributed by atoms with E-state index in [4.69, 9.17) is 0 Å². The molecule has 0 saturated carbocycles. The van der Waals surface area contributed by atoms with Crippen molar-refractivity contribution in [2.24, 2.45) is 5.92 Å². The number of piperidine rings is 1. The van der Waals surface area contributed by atoms with Crippen molar-refractivity contribution in [2.45, 2.75) is 24.3 Å². The van der Waals surface area contributed by atoms with Crippen LogP contribution in [0.15, 0.2) is 71.9 Å². The molecule has 0 aliphatic carbocycles. The molecule has 7 nitrogen and oxygen atoms in total. The third-order valence-corrected chi connectivity index (χ3v) is 7.18. The number of nitrogens with one attached hydrogen (secondary N) is 2. The minimum atomic E-state index is -3.58. The normalized spacial score (nSPS) is 17.5. The fourth-order valence-electron chi connectivity index (χ4n) is 3.70. The number of rotatable bonds is 6. The first-order chi connectivity index (χ1) is 14.5. The van der Waals surface area contributed by atoms with Crippen molar-refractivity contribution >= 4 is 15.9 Å². The smallest absolute Gasteiger partial charge is 0.243 e. The van der Waals surface area contributed by atoms with E-state index in [2.05, 4.69) is 15.3 Å². The number of benzene rings is 2. The Morgan fingerprint density at radius 2 is 2.00 bits per heavy atom. The first-order valence-electron chi connectivity index (χ1n) is 9.95. The first-order valence-corrected chi connectivity index (χ1v) is 11.4. The molecule has 0 bridgehead atoms. The summed E-state index contributed by atoms with van der Waals surface area (Å²) in [6.07, 6.45) is 4.81. The van der Waals surface area contributed by atoms with E-state index >= 15 is 0 Å². The summed E-state index contributed by atoms with van der Waals surface area (Å²) in [5.74, 6) is 0.300. The zero-order chi connectivity index (χ0) is 21.0. The van der Waals surface area contributed by atoms with Gasteiger partial charge in [0.15, 0.2) is 0 Å². The highest BCUT2D eigenvalue weighted by molar-refractivity contribution is 7.89. The molecule has 2 heterocycles. The Kier molecular flexibility index (Phi) is 5.96. The molecule has 156 valence electrons. The molecular formula is C22H24N4O3S. The van der Waals surface area contributed by atoms with Crippen molar-refractivity contribution in [1.29, 1.82) is 0 Å². The molecule has 0 spiro atoms. The predicted molar refractivity (Wildman–Crippen MR) is 114 cm³/mol. The van der Waals surface area contributed by atoms with Crippen molar-refractivity contribution in [2.75, 3.05) is 13.1 Å². The summed E-state index contributed by atoms with van der Waals surface area (Å²) in [7, 11) is -3.58. The third kappa shape index (κ3) is 4.44. The van der Waals surface area contributed by atoms with Crippen LogP contribution in [0.5, 0.6) is 0 Å². The number of carbonyl (C=O) groups excluding carboxylic acids is 1. The van der Waals surface area contributed by atoms with Crippen LogP contribution >= 0.6 is 0 Å². The lowest BCUT2D eigenvalue weighted by Gasteiger charge is -2.31. The van der Waals surface area contributed by atoms with E-state index in [0.29, 0.717) is 25.9 Å². The highest BCUT2D eigenvalue weighted by atomic mass is 32.2. The van der Waals surface area contributed by atoms with E-state index in [0.717, 1.165) is 17.0 Å². The van der Waals surface area contributed by atoms with Gasteiger partial charge >= 0.3 is 0 Å². The van der Waals surface area contributed by atoms with Gasteiger partial charge in [-0.15, -0.1) is 0 Å². The zero-order valence-electron chi connectivity index (χ0n) is 16.5. The van der Waals surface area contributed by atoms with Crippen LogP contribution < -0.4 is 5.32 Å². The molecule has 1 saturated heterocycles. The van der Waals surface area contributed by atoms with Gasteiger partial charge in [0.2, 0.25) is 15.9 Å². The van der Waals surface area contributed by atoms with Crippen molar-refractivity contribution in [1.82, 2.24) is 19.6 Å². The second-order valence-electron chi connectivity index (χ2n) is 7.37. The molecule has 1 aliphatic rings. The summed E-state index contributed by atoms with van der Waals surface area (Å²) in [5.41, 5.74) is 1.91. The minimum absolute atomic E-state index is 0.119. The third-order valence-electron chi connectivity index (χ3n) is 5.30. The SMILES string of the molecule is O=C(NCc1cccc(-c2ncc[nH]2)c1)[C@@H]1CCCN(S(=O)(=O)c2ccccc2)C1. The van der Waals surface area contributed by atoms with Crippen LogP contribution in [0.1, 0.15) is 18.4 Å².